The van der Waals surface area contributed by atoms with Crippen LogP contribution in [0.2, 0.25) is 5.02 Å². The van der Waals surface area contributed by atoms with Gasteiger partial charge in [0.15, 0.2) is 5.75 Å². The monoisotopic (exact) mass is 270 g/mol. The number of rotatable bonds is 2. The fourth-order valence-electron chi connectivity index (χ4n) is 1.91. The maximum Gasteiger partial charge on any atom is 0.151 e. The fraction of sp³-hybridized carbons (Fsp3) is 0. The van der Waals surface area contributed by atoms with Crippen LogP contribution in [0, 0.1) is 0 Å². The van der Waals surface area contributed by atoms with E-state index < -0.39 is 0 Å². The van der Waals surface area contributed by atoms with Crippen LogP contribution in [0.4, 0.5) is 5.69 Å². The zero-order valence-corrected chi connectivity index (χ0v) is 10.8. The molecule has 0 radical (unpaired) electrons. The molecule has 0 aliphatic carbocycles. The molecule has 0 amide bonds. The Morgan fingerprint density at radius 1 is 1.00 bits per heavy atom. The molecular formula is C15H11ClN2O. The molecule has 19 heavy (non-hydrogen) atoms. The number of hydrogen-bond donors (Lipinski definition) is 1. The second-order valence-corrected chi connectivity index (χ2v) is 4.51. The van der Waals surface area contributed by atoms with Crippen LogP contribution in [-0.4, -0.2) is 4.98 Å². The van der Waals surface area contributed by atoms with E-state index in [0.717, 1.165) is 10.8 Å². The molecule has 0 saturated carbocycles. The fourth-order valence-corrected chi connectivity index (χ4v) is 2.08. The first-order chi connectivity index (χ1) is 9.25. The van der Waals surface area contributed by atoms with Crippen molar-refractivity contribution in [3.8, 4) is 11.5 Å². The van der Waals surface area contributed by atoms with Crippen LogP contribution in [0.5, 0.6) is 11.5 Å². The summed E-state index contributed by atoms with van der Waals surface area (Å²) in [6.45, 7) is 0. The van der Waals surface area contributed by atoms with Crippen molar-refractivity contribution in [3.05, 3.63) is 59.9 Å². The van der Waals surface area contributed by atoms with E-state index in [1.165, 1.54) is 0 Å². The van der Waals surface area contributed by atoms with Crippen LogP contribution in [-0.2, 0) is 0 Å². The molecule has 2 N–H and O–H groups in total. The first-order valence-electron chi connectivity index (χ1n) is 5.80. The smallest absolute Gasteiger partial charge is 0.151 e. The van der Waals surface area contributed by atoms with Gasteiger partial charge in [0.2, 0.25) is 0 Å². The minimum absolute atomic E-state index is 0.553. The number of hydrogen-bond acceptors (Lipinski definition) is 3. The Balaban J connectivity index is 2.07. The van der Waals surface area contributed by atoms with E-state index in [1.807, 2.05) is 30.3 Å². The quantitative estimate of drug-likeness (QED) is 0.708. The lowest BCUT2D eigenvalue weighted by atomic mass is 10.1. The molecule has 0 fully saturated rings. The minimum atomic E-state index is 0.553. The van der Waals surface area contributed by atoms with Crippen molar-refractivity contribution >= 4 is 28.1 Å². The van der Waals surface area contributed by atoms with Crippen molar-refractivity contribution in [2.75, 3.05) is 5.73 Å². The lowest BCUT2D eigenvalue weighted by Crippen LogP contribution is -1.94. The van der Waals surface area contributed by atoms with Crippen molar-refractivity contribution in [3.63, 3.8) is 0 Å². The van der Waals surface area contributed by atoms with Gasteiger partial charge in [0.1, 0.15) is 5.75 Å². The predicted octanol–water partition coefficient (Wildman–Crippen LogP) is 4.26. The van der Waals surface area contributed by atoms with Crippen molar-refractivity contribution in [1.29, 1.82) is 0 Å². The lowest BCUT2D eigenvalue weighted by Gasteiger charge is -2.11. The number of nitrogens with two attached hydrogens (primary N) is 1. The average molecular weight is 271 g/mol. The van der Waals surface area contributed by atoms with Gasteiger partial charge in [0.25, 0.3) is 0 Å². The Kier molecular flexibility index (Phi) is 2.97. The number of pyridine rings is 1. The van der Waals surface area contributed by atoms with E-state index in [0.29, 0.717) is 22.2 Å². The van der Waals surface area contributed by atoms with Gasteiger partial charge in [-0.15, -0.1) is 0 Å². The van der Waals surface area contributed by atoms with Gasteiger partial charge in [-0.05, 0) is 30.3 Å². The van der Waals surface area contributed by atoms with Crippen LogP contribution < -0.4 is 10.5 Å². The molecule has 0 saturated heterocycles. The summed E-state index contributed by atoms with van der Waals surface area (Å²) in [7, 11) is 0. The van der Waals surface area contributed by atoms with Crippen molar-refractivity contribution in [2.45, 2.75) is 0 Å². The van der Waals surface area contributed by atoms with Gasteiger partial charge in [-0.1, -0.05) is 23.7 Å². The average Bonchev–Trinajstić information content (AvgIpc) is 2.44. The van der Waals surface area contributed by atoms with E-state index >= 15 is 0 Å². The van der Waals surface area contributed by atoms with Crippen molar-refractivity contribution in [1.82, 2.24) is 4.98 Å². The zero-order valence-electron chi connectivity index (χ0n) is 10.0. The van der Waals surface area contributed by atoms with Gasteiger partial charge >= 0.3 is 0 Å². The summed E-state index contributed by atoms with van der Waals surface area (Å²) in [6.07, 6.45) is 3.48. The molecular weight excluding hydrogens is 260 g/mol. The summed E-state index contributed by atoms with van der Waals surface area (Å²) >= 11 is 6.07. The second-order valence-electron chi connectivity index (χ2n) is 4.11. The highest BCUT2D eigenvalue weighted by Gasteiger charge is 2.08. The summed E-state index contributed by atoms with van der Waals surface area (Å²) in [5, 5.41) is 2.45. The van der Waals surface area contributed by atoms with Gasteiger partial charge in [-0.3, -0.25) is 4.98 Å². The highest BCUT2D eigenvalue weighted by molar-refractivity contribution is 6.32. The molecule has 94 valence electrons. The summed E-state index contributed by atoms with van der Waals surface area (Å²) < 4.78 is 5.77. The van der Waals surface area contributed by atoms with Crippen LogP contribution >= 0.6 is 11.6 Å². The number of anilines is 1. The number of fused-ring (bicyclic) bond motifs is 1. The van der Waals surface area contributed by atoms with E-state index in [9.17, 15) is 0 Å². The van der Waals surface area contributed by atoms with E-state index in [-0.39, 0.29) is 0 Å². The number of benzene rings is 2. The van der Waals surface area contributed by atoms with Crippen LogP contribution in [0.15, 0.2) is 54.9 Å². The van der Waals surface area contributed by atoms with Crippen molar-refractivity contribution in [2.24, 2.45) is 0 Å². The standard InChI is InChI=1S/C15H11ClN2O/c16-12-3-1-2-4-13(12)19-14-6-5-10-9-18-8-7-11(10)15(14)17/h1-9H,17H2. The number of nitrogens with zero attached hydrogens (tertiary/aromatic N) is 1. The Morgan fingerprint density at radius 2 is 1.84 bits per heavy atom. The predicted molar refractivity (Wildman–Crippen MR) is 77.7 cm³/mol. The number of halogens is 1. The molecule has 1 aromatic heterocycles. The maximum atomic E-state index is 6.12. The third-order valence-corrected chi connectivity index (χ3v) is 3.19. The summed E-state index contributed by atoms with van der Waals surface area (Å²) in [5.41, 5.74) is 6.70. The van der Waals surface area contributed by atoms with Gasteiger partial charge < -0.3 is 10.5 Å². The molecule has 3 aromatic rings. The molecule has 0 bridgehead atoms. The first kappa shape index (κ1) is 11.8. The molecule has 0 spiro atoms. The van der Waals surface area contributed by atoms with Gasteiger partial charge in [-0.25, -0.2) is 0 Å². The first-order valence-corrected chi connectivity index (χ1v) is 6.18. The maximum absolute atomic E-state index is 6.12. The molecule has 3 nitrogen and oxygen atoms in total. The van der Waals surface area contributed by atoms with E-state index in [1.54, 1.807) is 24.5 Å². The lowest BCUT2D eigenvalue weighted by molar-refractivity contribution is 0.486. The van der Waals surface area contributed by atoms with E-state index in [2.05, 4.69) is 4.98 Å². The highest BCUT2D eigenvalue weighted by Crippen LogP contribution is 2.35. The molecule has 4 heteroatoms. The molecule has 0 aliphatic rings. The molecule has 0 unspecified atom stereocenters. The Bertz CT molecular complexity index is 743. The summed E-state index contributed by atoms with van der Waals surface area (Å²) in [4.78, 5) is 4.06. The second kappa shape index (κ2) is 4.78. The molecule has 0 aliphatic heterocycles. The van der Waals surface area contributed by atoms with Crippen LogP contribution in [0.25, 0.3) is 10.8 Å². The normalized spacial score (nSPS) is 10.6. The molecule has 1 heterocycles. The number of ether oxygens (including phenoxy) is 1. The van der Waals surface area contributed by atoms with Crippen LogP contribution in [0.3, 0.4) is 0 Å². The molecule has 2 aromatic carbocycles. The topological polar surface area (TPSA) is 48.1 Å². The number of nitrogen functional groups attached to an aromatic ring is 1. The van der Waals surface area contributed by atoms with Gasteiger partial charge in [0.05, 0.1) is 10.7 Å². The van der Waals surface area contributed by atoms with E-state index in [4.69, 9.17) is 22.1 Å². The molecule has 0 atom stereocenters. The highest BCUT2D eigenvalue weighted by atomic mass is 35.5. The SMILES string of the molecule is Nc1c(Oc2ccccc2Cl)ccc2cnccc12. The van der Waals surface area contributed by atoms with Crippen molar-refractivity contribution < 1.29 is 4.74 Å². The third kappa shape index (κ3) is 2.20. The van der Waals surface area contributed by atoms with Gasteiger partial charge in [-0.2, -0.15) is 0 Å². The Hall–Kier alpha value is -2.26. The number of para-hydroxylation sites is 1. The number of aromatic nitrogens is 1. The van der Waals surface area contributed by atoms with Crippen LogP contribution in [0.1, 0.15) is 0 Å². The third-order valence-electron chi connectivity index (χ3n) is 2.88. The zero-order chi connectivity index (χ0) is 13.2. The Morgan fingerprint density at radius 3 is 2.68 bits per heavy atom. The molecule has 3 rings (SSSR count). The summed E-state index contributed by atoms with van der Waals surface area (Å²) in [5.74, 6) is 1.18. The largest absolute Gasteiger partial charge is 0.454 e. The Labute approximate surface area is 115 Å². The minimum Gasteiger partial charge on any atom is -0.454 e. The summed E-state index contributed by atoms with van der Waals surface area (Å²) in [6, 6.07) is 12.9. The van der Waals surface area contributed by atoms with Gasteiger partial charge in [0, 0.05) is 23.2 Å².